The summed E-state index contributed by atoms with van der Waals surface area (Å²) in [6, 6.07) is 1.84. The van der Waals surface area contributed by atoms with Gasteiger partial charge in [0.25, 0.3) is 11.5 Å². The lowest BCUT2D eigenvalue weighted by molar-refractivity contribution is -0.0261. The van der Waals surface area contributed by atoms with Crippen molar-refractivity contribution in [2.24, 2.45) is 5.92 Å². The van der Waals surface area contributed by atoms with Crippen molar-refractivity contribution >= 4 is 5.91 Å². The Bertz CT molecular complexity index is 607. The maximum Gasteiger partial charge on any atom is 0.261 e. The summed E-state index contributed by atoms with van der Waals surface area (Å²) in [4.78, 5) is 29.4. The van der Waals surface area contributed by atoms with E-state index < -0.39 is 0 Å². The van der Waals surface area contributed by atoms with E-state index in [1.807, 2.05) is 19.9 Å². The Morgan fingerprint density at radius 1 is 1.43 bits per heavy atom. The van der Waals surface area contributed by atoms with Gasteiger partial charge in [0.05, 0.1) is 12.7 Å². The van der Waals surface area contributed by atoms with Crippen molar-refractivity contribution in [1.82, 2.24) is 9.88 Å². The second-order valence-corrected chi connectivity index (χ2v) is 6.91. The molecule has 1 aliphatic heterocycles. The number of hydrogen-bond donors (Lipinski definition) is 1. The third-order valence-electron chi connectivity index (χ3n) is 4.31. The molecule has 0 bridgehead atoms. The summed E-state index contributed by atoms with van der Waals surface area (Å²) in [5, 5.41) is 0. The molecule has 1 aromatic heterocycles. The molecule has 5 nitrogen and oxygen atoms in total. The van der Waals surface area contributed by atoms with Crippen molar-refractivity contribution in [1.29, 1.82) is 0 Å². The normalized spacial score (nSPS) is 18.5. The zero-order valence-corrected chi connectivity index (χ0v) is 14.6. The molecule has 1 fully saturated rings. The van der Waals surface area contributed by atoms with Crippen LogP contribution in [0, 0.1) is 19.8 Å². The number of carbonyl (C=O) groups excluding carboxylic acids is 1. The maximum atomic E-state index is 12.7. The number of aromatic amines is 1. The molecule has 23 heavy (non-hydrogen) atoms. The van der Waals surface area contributed by atoms with Crippen LogP contribution in [0.5, 0.6) is 0 Å². The van der Waals surface area contributed by atoms with E-state index in [1.165, 1.54) is 6.42 Å². The second-order valence-electron chi connectivity index (χ2n) is 6.91. The van der Waals surface area contributed by atoms with Crippen molar-refractivity contribution < 1.29 is 9.53 Å². The number of H-pyrrole nitrogens is 1. The van der Waals surface area contributed by atoms with Crippen molar-refractivity contribution in [2.45, 2.75) is 53.1 Å². The van der Waals surface area contributed by atoms with Gasteiger partial charge in [-0.3, -0.25) is 9.59 Å². The number of nitrogens with zero attached hydrogens (tertiary/aromatic N) is 1. The fourth-order valence-electron chi connectivity index (χ4n) is 3.11. The summed E-state index contributed by atoms with van der Waals surface area (Å²) in [6.45, 7) is 9.73. The Labute approximate surface area is 138 Å². The fraction of sp³-hybridized carbons (Fsp3) is 0.667. The molecule has 0 aliphatic carbocycles. The van der Waals surface area contributed by atoms with Gasteiger partial charge >= 0.3 is 0 Å². The highest BCUT2D eigenvalue weighted by Crippen LogP contribution is 2.16. The van der Waals surface area contributed by atoms with Crippen LogP contribution in [-0.4, -0.2) is 41.6 Å². The number of hydrogen-bond acceptors (Lipinski definition) is 3. The second kappa shape index (κ2) is 7.77. The molecular formula is C18H28N2O3. The van der Waals surface area contributed by atoms with E-state index in [9.17, 15) is 9.59 Å². The molecule has 0 radical (unpaired) electrons. The summed E-state index contributed by atoms with van der Waals surface area (Å²) in [5.74, 6) is 0.506. The van der Waals surface area contributed by atoms with Crippen molar-refractivity contribution in [2.75, 3.05) is 19.7 Å². The van der Waals surface area contributed by atoms with Gasteiger partial charge < -0.3 is 14.6 Å². The van der Waals surface area contributed by atoms with Gasteiger partial charge in [0.1, 0.15) is 5.56 Å². The first kappa shape index (κ1) is 17.7. The number of pyridine rings is 1. The van der Waals surface area contributed by atoms with Crippen molar-refractivity contribution in [3.63, 3.8) is 0 Å². The van der Waals surface area contributed by atoms with E-state index in [-0.39, 0.29) is 23.1 Å². The van der Waals surface area contributed by atoms with Gasteiger partial charge in [0, 0.05) is 18.8 Å². The SMILES string of the molecule is Cc1cc(C)c(C(=O)N2CCOC(CCCC(C)C)C2)c(=O)[nH]1. The zero-order chi connectivity index (χ0) is 17.0. The first-order chi connectivity index (χ1) is 10.9. The van der Waals surface area contributed by atoms with E-state index in [2.05, 4.69) is 18.8 Å². The van der Waals surface area contributed by atoms with Crippen LogP contribution in [0.15, 0.2) is 10.9 Å². The molecule has 2 rings (SSSR count). The molecule has 2 heterocycles. The lowest BCUT2D eigenvalue weighted by Gasteiger charge is -2.33. The quantitative estimate of drug-likeness (QED) is 0.907. The van der Waals surface area contributed by atoms with E-state index >= 15 is 0 Å². The minimum absolute atomic E-state index is 0.0799. The van der Waals surface area contributed by atoms with Gasteiger partial charge in [-0.1, -0.05) is 26.7 Å². The number of rotatable bonds is 5. The summed E-state index contributed by atoms with van der Waals surface area (Å²) >= 11 is 0. The smallest absolute Gasteiger partial charge is 0.261 e. The molecule has 1 N–H and O–H groups in total. The van der Waals surface area contributed by atoms with Crippen LogP contribution in [0.2, 0.25) is 0 Å². The number of aromatic nitrogens is 1. The molecule has 1 atom stereocenters. The zero-order valence-electron chi connectivity index (χ0n) is 14.6. The minimum Gasteiger partial charge on any atom is -0.375 e. The summed E-state index contributed by atoms with van der Waals surface area (Å²) < 4.78 is 5.78. The van der Waals surface area contributed by atoms with Crippen LogP contribution >= 0.6 is 0 Å². The predicted molar refractivity (Wildman–Crippen MR) is 90.9 cm³/mol. The molecule has 1 saturated heterocycles. The minimum atomic E-state index is -0.296. The first-order valence-electron chi connectivity index (χ1n) is 8.50. The Morgan fingerprint density at radius 2 is 2.17 bits per heavy atom. The summed E-state index contributed by atoms with van der Waals surface area (Å²) in [6.07, 6.45) is 3.32. The standard InChI is InChI=1S/C18H28N2O3/c1-12(2)6-5-7-15-11-20(8-9-23-15)18(22)16-13(3)10-14(4)19-17(16)21/h10,12,15H,5-9,11H2,1-4H3,(H,19,21). The van der Waals surface area contributed by atoms with E-state index in [4.69, 9.17) is 4.74 Å². The number of amides is 1. The third kappa shape index (κ3) is 4.67. The van der Waals surface area contributed by atoms with Crippen LogP contribution < -0.4 is 5.56 Å². The van der Waals surface area contributed by atoms with Gasteiger partial charge in [-0.05, 0) is 37.8 Å². The van der Waals surface area contributed by atoms with E-state index in [1.54, 1.807) is 4.90 Å². The van der Waals surface area contributed by atoms with E-state index in [0.717, 1.165) is 24.1 Å². The number of aryl methyl sites for hydroxylation is 2. The Morgan fingerprint density at radius 3 is 2.83 bits per heavy atom. The Hall–Kier alpha value is -1.62. The predicted octanol–water partition coefficient (Wildman–Crippen LogP) is 2.66. The van der Waals surface area contributed by atoms with Gasteiger partial charge in [-0.25, -0.2) is 0 Å². The molecule has 1 aliphatic rings. The molecule has 1 aromatic rings. The molecule has 128 valence electrons. The number of carbonyl (C=O) groups is 1. The lowest BCUT2D eigenvalue weighted by atomic mass is 10.0. The van der Waals surface area contributed by atoms with Crippen LogP contribution in [0.25, 0.3) is 0 Å². The van der Waals surface area contributed by atoms with Crippen LogP contribution in [0.1, 0.15) is 54.7 Å². The highest BCUT2D eigenvalue weighted by atomic mass is 16.5. The Balaban J connectivity index is 2.04. The highest BCUT2D eigenvalue weighted by molar-refractivity contribution is 5.95. The van der Waals surface area contributed by atoms with Crippen LogP contribution in [-0.2, 0) is 4.74 Å². The maximum absolute atomic E-state index is 12.7. The molecule has 0 saturated carbocycles. The monoisotopic (exact) mass is 320 g/mol. The topological polar surface area (TPSA) is 62.4 Å². The largest absolute Gasteiger partial charge is 0.375 e. The molecular weight excluding hydrogens is 292 g/mol. The fourth-order valence-corrected chi connectivity index (χ4v) is 3.11. The lowest BCUT2D eigenvalue weighted by Crippen LogP contribution is -2.47. The van der Waals surface area contributed by atoms with Gasteiger partial charge in [-0.2, -0.15) is 0 Å². The molecule has 0 spiro atoms. The third-order valence-corrected chi connectivity index (χ3v) is 4.31. The molecule has 5 heteroatoms. The van der Waals surface area contributed by atoms with Gasteiger partial charge in [0.15, 0.2) is 0 Å². The number of nitrogens with one attached hydrogen (secondary N) is 1. The number of morpholine rings is 1. The van der Waals surface area contributed by atoms with Gasteiger partial charge in [0.2, 0.25) is 0 Å². The van der Waals surface area contributed by atoms with Crippen LogP contribution in [0.4, 0.5) is 0 Å². The van der Waals surface area contributed by atoms with E-state index in [0.29, 0.717) is 25.6 Å². The average Bonchev–Trinajstić information content (AvgIpc) is 2.46. The number of ether oxygens (including phenoxy) is 1. The Kier molecular flexibility index (Phi) is 5.99. The van der Waals surface area contributed by atoms with Crippen molar-refractivity contribution in [3.8, 4) is 0 Å². The van der Waals surface area contributed by atoms with Gasteiger partial charge in [-0.15, -0.1) is 0 Å². The van der Waals surface area contributed by atoms with Crippen LogP contribution in [0.3, 0.4) is 0 Å². The highest BCUT2D eigenvalue weighted by Gasteiger charge is 2.27. The van der Waals surface area contributed by atoms with Crippen molar-refractivity contribution in [3.05, 3.63) is 33.2 Å². The average molecular weight is 320 g/mol. The molecule has 1 amide bonds. The first-order valence-corrected chi connectivity index (χ1v) is 8.50. The molecule has 0 aromatic carbocycles. The molecule has 1 unspecified atom stereocenters. The summed E-state index contributed by atoms with van der Waals surface area (Å²) in [5.41, 5.74) is 1.48. The summed E-state index contributed by atoms with van der Waals surface area (Å²) in [7, 11) is 0.